The molecule has 6 heteroatoms. The Kier molecular flexibility index (Phi) is 4.02. The highest BCUT2D eigenvalue weighted by atomic mass is 16.5. The number of methoxy groups -OCH3 is 1. The van der Waals surface area contributed by atoms with Crippen LogP contribution in [0.2, 0.25) is 0 Å². The Bertz CT molecular complexity index is 539. The van der Waals surface area contributed by atoms with Crippen LogP contribution in [0.15, 0.2) is 24.3 Å². The maximum Gasteiger partial charge on any atom is 0.254 e. The van der Waals surface area contributed by atoms with E-state index in [9.17, 15) is 14.4 Å². The molecule has 1 aliphatic rings. The SMILES string of the molecule is CCN(C(=O)c1ccc(OC)cc1)[C@H]1CC(=O)NC1=O. The van der Waals surface area contributed by atoms with Crippen molar-refractivity contribution in [1.82, 2.24) is 10.2 Å². The van der Waals surface area contributed by atoms with Gasteiger partial charge in [0.25, 0.3) is 5.91 Å². The molecule has 1 atom stereocenters. The largest absolute Gasteiger partial charge is 0.497 e. The number of carbonyl (C=O) groups is 3. The maximum absolute atomic E-state index is 12.4. The number of ether oxygens (including phenoxy) is 1. The molecule has 2 rings (SSSR count). The molecule has 1 saturated heterocycles. The number of likely N-dealkylation sites (N-methyl/N-ethyl adjacent to an activating group) is 1. The van der Waals surface area contributed by atoms with Crippen molar-refractivity contribution in [2.45, 2.75) is 19.4 Å². The first-order valence-electron chi connectivity index (χ1n) is 6.35. The van der Waals surface area contributed by atoms with Crippen LogP contribution in [0, 0.1) is 0 Å². The van der Waals surface area contributed by atoms with Gasteiger partial charge in [-0.25, -0.2) is 0 Å². The van der Waals surface area contributed by atoms with Gasteiger partial charge in [-0.05, 0) is 31.2 Å². The summed E-state index contributed by atoms with van der Waals surface area (Å²) in [6, 6.07) is 5.92. The first kappa shape index (κ1) is 14.0. The van der Waals surface area contributed by atoms with Gasteiger partial charge in [0.2, 0.25) is 11.8 Å². The predicted octanol–water partition coefficient (Wildman–Crippen LogP) is 0.572. The topological polar surface area (TPSA) is 75.7 Å². The van der Waals surface area contributed by atoms with Gasteiger partial charge in [-0.15, -0.1) is 0 Å². The normalized spacial score (nSPS) is 17.8. The summed E-state index contributed by atoms with van der Waals surface area (Å²) in [5.74, 6) is -0.386. The Morgan fingerprint density at radius 2 is 2.00 bits per heavy atom. The fourth-order valence-electron chi connectivity index (χ4n) is 2.20. The lowest BCUT2D eigenvalue weighted by Crippen LogP contribution is -2.44. The molecule has 0 spiro atoms. The fourth-order valence-corrected chi connectivity index (χ4v) is 2.20. The summed E-state index contributed by atoms with van der Waals surface area (Å²) < 4.78 is 5.03. The summed E-state index contributed by atoms with van der Waals surface area (Å²) in [6.45, 7) is 2.13. The Balaban J connectivity index is 2.20. The van der Waals surface area contributed by atoms with Crippen LogP contribution in [0.4, 0.5) is 0 Å². The van der Waals surface area contributed by atoms with E-state index in [0.717, 1.165) is 0 Å². The maximum atomic E-state index is 12.4. The summed E-state index contributed by atoms with van der Waals surface area (Å²) in [4.78, 5) is 36.7. The Labute approximate surface area is 116 Å². The predicted molar refractivity (Wildman–Crippen MR) is 71.3 cm³/mol. The number of hydrogen-bond acceptors (Lipinski definition) is 4. The van der Waals surface area contributed by atoms with Gasteiger partial charge in [-0.3, -0.25) is 19.7 Å². The molecule has 1 N–H and O–H groups in total. The van der Waals surface area contributed by atoms with E-state index < -0.39 is 11.9 Å². The third kappa shape index (κ3) is 2.64. The lowest BCUT2D eigenvalue weighted by molar-refractivity contribution is -0.126. The molecule has 1 heterocycles. The molecule has 20 heavy (non-hydrogen) atoms. The average molecular weight is 276 g/mol. The molecule has 3 amide bonds. The molecule has 0 aliphatic carbocycles. The van der Waals surface area contributed by atoms with Gasteiger partial charge in [0.05, 0.1) is 13.5 Å². The van der Waals surface area contributed by atoms with Crippen molar-refractivity contribution in [2.24, 2.45) is 0 Å². The lowest BCUT2D eigenvalue weighted by atomic mass is 10.1. The summed E-state index contributed by atoms with van der Waals surface area (Å²) in [5, 5.41) is 2.21. The highest BCUT2D eigenvalue weighted by molar-refractivity contribution is 6.08. The molecule has 0 radical (unpaired) electrons. The quantitative estimate of drug-likeness (QED) is 0.816. The molecule has 0 saturated carbocycles. The fraction of sp³-hybridized carbons (Fsp3) is 0.357. The van der Waals surface area contributed by atoms with Gasteiger partial charge in [0.15, 0.2) is 0 Å². The van der Waals surface area contributed by atoms with Gasteiger partial charge < -0.3 is 9.64 Å². The molecule has 1 aliphatic heterocycles. The van der Waals surface area contributed by atoms with E-state index in [1.807, 2.05) is 0 Å². The van der Waals surface area contributed by atoms with Crippen molar-refractivity contribution in [3.63, 3.8) is 0 Å². The number of nitrogens with zero attached hydrogens (tertiary/aromatic N) is 1. The van der Waals surface area contributed by atoms with Crippen molar-refractivity contribution in [2.75, 3.05) is 13.7 Å². The van der Waals surface area contributed by atoms with Gasteiger partial charge in [-0.1, -0.05) is 0 Å². The van der Waals surface area contributed by atoms with Crippen molar-refractivity contribution in [3.8, 4) is 5.75 Å². The molecule has 1 aromatic carbocycles. The molecular weight excluding hydrogens is 260 g/mol. The van der Waals surface area contributed by atoms with Crippen molar-refractivity contribution in [3.05, 3.63) is 29.8 Å². The highest BCUT2D eigenvalue weighted by Gasteiger charge is 2.37. The third-order valence-electron chi connectivity index (χ3n) is 3.26. The van der Waals surface area contributed by atoms with Crippen LogP contribution in [-0.4, -0.2) is 42.3 Å². The summed E-state index contributed by atoms with van der Waals surface area (Å²) >= 11 is 0. The van der Waals surface area contributed by atoms with Crippen molar-refractivity contribution < 1.29 is 19.1 Å². The molecule has 1 fully saturated rings. The Morgan fingerprint density at radius 1 is 1.35 bits per heavy atom. The van der Waals surface area contributed by atoms with E-state index in [1.54, 1.807) is 38.3 Å². The second-order valence-electron chi connectivity index (χ2n) is 4.45. The third-order valence-corrected chi connectivity index (χ3v) is 3.26. The van der Waals surface area contributed by atoms with E-state index in [0.29, 0.717) is 17.9 Å². The Hall–Kier alpha value is -2.37. The summed E-state index contributed by atoms with van der Waals surface area (Å²) in [6.07, 6.45) is 0.0224. The number of carbonyl (C=O) groups excluding carboxylic acids is 3. The van der Waals surface area contributed by atoms with Crippen LogP contribution in [0.5, 0.6) is 5.75 Å². The number of rotatable bonds is 4. The van der Waals surface area contributed by atoms with Gasteiger partial charge in [-0.2, -0.15) is 0 Å². The number of amides is 3. The van der Waals surface area contributed by atoms with E-state index in [1.165, 1.54) is 4.90 Å². The highest BCUT2D eigenvalue weighted by Crippen LogP contribution is 2.17. The standard InChI is InChI=1S/C14H16N2O4/c1-3-16(11-8-12(17)15-13(11)18)14(19)9-4-6-10(20-2)7-5-9/h4-7,11H,3,8H2,1-2H3,(H,15,17,18)/t11-/m0/s1. The van der Waals surface area contributed by atoms with E-state index in [-0.39, 0.29) is 18.2 Å². The van der Waals surface area contributed by atoms with Crippen LogP contribution in [0.25, 0.3) is 0 Å². The monoisotopic (exact) mass is 276 g/mol. The minimum atomic E-state index is -0.720. The van der Waals surface area contributed by atoms with Gasteiger partial charge in [0, 0.05) is 12.1 Å². The molecule has 0 bridgehead atoms. The molecule has 0 unspecified atom stereocenters. The van der Waals surface area contributed by atoms with Gasteiger partial charge >= 0.3 is 0 Å². The summed E-state index contributed by atoms with van der Waals surface area (Å²) in [5.41, 5.74) is 0.458. The zero-order valence-electron chi connectivity index (χ0n) is 11.4. The van der Waals surface area contributed by atoms with E-state index in [4.69, 9.17) is 4.74 Å². The zero-order valence-corrected chi connectivity index (χ0v) is 11.4. The first-order chi connectivity index (χ1) is 9.56. The number of nitrogens with one attached hydrogen (secondary N) is 1. The average Bonchev–Trinajstić information content (AvgIpc) is 2.78. The number of hydrogen-bond donors (Lipinski definition) is 1. The second kappa shape index (κ2) is 5.73. The molecule has 6 nitrogen and oxygen atoms in total. The van der Waals surface area contributed by atoms with Gasteiger partial charge in [0.1, 0.15) is 11.8 Å². The minimum Gasteiger partial charge on any atom is -0.497 e. The minimum absolute atomic E-state index is 0.0224. The summed E-state index contributed by atoms with van der Waals surface area (Å²) in [7, 11) is 1.55. The van der Waals surface area contributed by atoms with Crippen LogP contribution >= 0.6 is 0 Å². The van der Waals surface area contributed by atoms with Crippen molar-refractivity contribution in [1.29, 1.82) is 0 Å². The first-order valence-corrected chi connectivity index (χ1v) is 6.35. The van der Waals surface area contributed by atoms with Crippen molar-refractivity contribution >= 4 is 17.7 Å². The van der Waals surface area contributed by atoms with Crippen LogP contribution in [-0.2, 0) is 9.59 Å². The molecule has 106 valence electrons. The molecule has 0 aromatic heterocycles. The molecule has 1 aromatic rings. The molecular formula is C14H16N2O4. The number of imide groups is 1. The zero-order chi connectivity index (χ0) is 14.7. The smallest absolute Gasteiger partial charge is 0.254 e. The van der Waals surface area contributed by atoms with E-state index in [2.05, 4.69) is 5.32 Å². The lowest BCUT2D eigenvalue weighted by Gasteiger charge is -2.25. The van der Waals surface area contributed by atoms with Crippen LogP contribution in [0.3, 0.4) is 0 Å². The Morgan fingerprint density at radius 3 is 2.45 bits per heavy atom. The van der Waals surface area contributed by atoms with E-state index >= 15 is 0 Å². The van der Waals surface area contributed by atoms with Crippen LogP contribution in [0.1, 0.15) is 23.7 Å². The second-order valence-corrected chi connectivity index (χ2v) is 4.45. The van der Waals surface area contributed by atoms with Crippen LogP contribution < -0.4 is 10.1 Å². The number of benzene rings is 1.